The Labute approximate surface area is 93.4 Å². The summed E-state index contributed by atoms with van der Waals surface area (Å²) in [6, 6.07) is 5.51. The topological polar surface area (TPSA) is 35.2 Å². The summed E-state index contributed by atoms with van der Waals surface area (Å²) in [5.74, 6) is 0.563. The van der Waals surface area contributed by atoms with E-state index in [2.05, 4.69) is 0 Å². The summed E-state index contributed by atoms with van der Waals surface area (Å²) in [6.45, 7) is -0.550. The molecule has 16 heavy (non-hydrogen) atoms. The maximum Gasteiger partial charge on any atom is 0.272 e. The molecule has 0 saturated carbocycles. The Balaban J connectivity index is 2.22. The first-order valence-corrected chi connectivity index (χ1v) is 5.47. The number of halogens is 2. The van der Waals surface area contributed by atoms with Crippen LogP contribution in [0.25, 0.3) is 0 Å². The van der Waals surface area contributed by atoms with Gasteiger partial charge in [-0.3, -0.25) is 0 Å². The van der Waals surface area contributed by atoms with Gasteiger partial charge in [-0.2, -0.15) is 0 Å². The lowest BCUT2D eigenvalue weighted by Gasteiger charge is -2.24. The largest absolute Gasteiger partial charge is 0.487 e. The molecule has 1 aliphatic carbocycles. The van der Waals surface area contributed by atoms with Gasteiger partial charge in [0.05, 0.1) is 0 Å². The minimum absolute atomic E-state index is 0.0128. The second-order valence-electron chi connectivity index (χ2n) is 4.02. The molecule has 0 bridgehead atoms. The number of rotatable bonds is 3. The fraction of sp³-hybridized carbons (Fsp3) is 0.500. The number of ether oxygens (including phenoxy) is 1. The molecule has 1 aromatic rings. The molecule has 2 N–H and O–H groups in total. The van der Waals surface area contributed by atoms with Crippen molar-refractivity contribution in [3.8, 4) is 5.75 Å². The van der Waals surface area contributed by atoms with Gasteiger partial charge in [-0.25, -0.2) is 8.78 Å². The maximum absolute atomic E-state index is 12.1. The van der Waals surface area contributed by atoms with Crippen LogP contribution in [0.15, 0.2) is 18.2 Å². The van der Waals surface area contributed by atoms with Crippen LogP contribution in [0.2, 0.25) is 0 Å². The van der Waals surface area contributed by atoms with Crippen LogP contribution in [0.5, 0.6) is 5.75 Å². The normalized spacial score (nSPS) is 19.6. The van der Waals surface area contributed by atoms with E-state index >= 15 is 0 Å². The predicted molar refractivity (Wildman–Crippen MR) is 57.8 cm³/mol. The molecule has 0 aromatic heterocycles. The third-order valence-corrected chi connectivity index (χ3v) is 2.88. The van der Waals surface area contributed by atoms with Crippen molar-refractivity contribution < 1.29 is 13.5 Å². The zero-order valence-electron chi connectivity index (χ0n) is 8.96. The summed E-state index contributed by atoms with van der Waals surface area (Å²) < 4.78 is 29.3. The van der Waals surface area contributed by atoms with Crippen LogP contribution in [0, 0.1) is 0 Å². The average Bonchev–Trinajstić information content (AvgIpc) is 2.27. The molecule has 0 aliphatic heterocycles. The van der Waals surface area contributed by atoms with E-state index in [0.717, 1.165) is 30.4 Å². The number of alkyl halides is 2. The highest BCUT2D eigenvalue weighted by Crippen LogP contribution is 2.34. The molecule has 4 heteroatoms. The molecule has 1 aliphatic rings. The van der Waals surface area contributed by atoms with E-state index in [1.165, 1.54) is 0 Å². The molecule has 0 amide bonds. The lowest BCUT2D eigenvalue weighted by molar-refractivity contribution is 0.0812. The van der Waals surface area contributed by atoms with Crippen molar-refractivity contribution in [3.05, 3.63) is 29.3 Å². The molecular weight excluding hydrogens is 212 g/mol. The van der Waals surface area contributed by atoms with Crippen LogP contribution in [-0.4, -0.2) is 13.0 Å². The maximum atomic E-state index is 12.1. The standard InChI is InChI=1S/C12H15F2NO/c13-12(14)7-16-11-6-2-3-8-9(11)4-1-5-10(8)15/h2-3,6,10,12H,1,4-5,7,15H2. The van der Waals surface area contributed by atoms with Gasteiger partial charge in [-0.05, 0) is 36.5 Å². The summed E-state index contributed by atoms with van der Waals surface area (Å²) in [4.78, 5) is 0. The Morgan fingerprint density at radius 2 is 2.25 bits per heavy atom. The molecule has 0 saturated heterocycles. The van der Waals surface area contributed by atoms with E-state index in [1.807, 2.05) is 12.1 Å². The van der Waals surface area contributed by atoms with Gasteiger partial charge in [0.2, 0.25) is 0 Å². The number of hydrogen-bond donors (Lipinski definition) is 1. The fourth-order valence-corrected chi connectivity index (χ4v) is 2.14. The highest BCUT2D eigenvalue weighted by Gasteiger charge is 2.20. The second-order valence-corrected chi connectivity index (χ2v) is 4.02. The van der Waals surface area contributed by atoms with Crippen LogP contribution >= 0.6 is 0 Å². The van der Waals surface area contributed by atoms with Crippen molar-refractivity contribution in [1.82, 2.24) is 0 Å². The third kappa shape index (κ3) is 2.32. The van der Waals surface area contributed by atoms with E-state index in [-0.39, 0.29) is 6.04 Å². The van der Waals surface area contributed by atoms with Crippen LogP contribution < -0.4 is 10.5 Å². The van der Waals surface area contributed by atoms with E-state index in [9.17, 15) is 8.78 Å². The van der Waals surface area contributed by atoms with E-state index in [0.29, 0.717) is 5.75 Å². The molecule has 88 valence electrons. The summed E-state index contributed by atoms with van der Waals surface area (Å²) in [6.07, 6.45) is 0.366. The van der Waals surface area contributed by atoms with Crippen molar-refractivity contribution >= 4 is 0 Å². The summed E-state index contributed by atoms with van der Waals surface area (Å²) in [5.41, 5.74) is 8.01. The van der Waals surface area contributed by atoms with Gasteiger partial charge in [0, 0.05) is 6.04 Å². The zero-order valence-corrected chi connectivity index (χ0v) is 8.96. The van der Waals surface area contributed by atoms with Crippen molar-refractivity contribution in [2.24, 2.45) is 5.73 Å². The molecule has 0 radical (unpaired) electrons. The average molecular weight is 227 g/mol. The first-order valence-electron chi connectivity index (χ1n) is 5.47. The predicted octanol–water partition coefficient (Wildman–Crippen LogP) is 2.67. The highest BCUT2D eigenvalue weighted by atomic mass is 19.3. The van der Waals surface area contributed by atoms with Crippen molar-refractivity contribution in [3.63, 3.8) is 0 Å². The van der Waals surface area contributed by atoms with E-state index in [4.69, 9.17) is 10.5 Å². The molecule has 0 fully saturated rings. The van der Waals surface area contributed by atoms with Crippen molar-refractivity contribution in [2.45, 2.75) is 31.7 Å². The smallest absolute Gasteiger partial charge is 0.272 e. The van der Waals surface area contributed by atoms with Gasteiger partial charge >= 0.3 is 0 Å². The Morgan fingerprint density at radius 1 is 1.44 bits per heavy atom. The van der Waals surface area contributed by atoms with Gasteiger partial charge in [0.15, 0.2) is 0 Å². The number of fused-ring (bicyclic) bond motifs is 1. The lowest BCUT2D eigenvalue weighted by Crippen LogP contribution is -2.18. The summed E-state index contributed by atoms with van der Waals surface area (Å²) in [5, 5.41) is 0. The van der Waals surface area contributed by atoms with Crippen LogP contribution in [0.3, 0.4) is 0 Å². The Bertz CT molecular complexity index is 368. The minimum atomic E-state index is -2.44. The Kier molecular flexibility index (Phi) is 3.39. The van der Waals surface area contributed by atoms with E-state index < -0.39 is 13.0 Å². The molecule has 1 atom stereocenters. The monoisotopic (exact) mass is 227 g/mol. The van der Waals surface area contributed by atoms with Crippen LogP contribution in [-0.2, 0) is 6.42 Å². The van der Waals surface area contributed by atoms with Crippen molar-refractivity contribution in [2.75, 3.05) is 6.61 Å². The molecule has 2 rings (SSSR count). The molecule has 2 nitrogen and oxygen atoms in total. The fourth-order valence-electron chi connectivity index (χ4n) is 2.14. The third-order valence-electron chi connectivity index (χ3n) is 2.88. The highest BCUT2D eigenvalue weighted by molar-refractivity contribution is 5.43. The van der Waals surface area contributed by atoms with Gasteiger partial charge in [0.1, 0.15) is 12.4 Å². The summed E-state index contributed by atoms with van der Waals surface area (Å²) in [7, 11) is 0. The lowest BCUT2D eigenvalue weighted by atomic mass is 9.88. The SMILES string of the molecule is NC1CCCc2c(OCC(F)F)cccc21. The minimum Gasteiger partial charge on any atom is -0.487 e. The molecular formula is C12H15F2NO. The first-order chi connectivity index (χ1) is 7.68. The Hall–Kier alpha value is -1.16. The van der Waals surface area contributed by atoms with Gasteiger partial charge in [0.25, 0.3) is 6.43 Å². The molecule has 0 heterocycles. The number of benzene rings is 1. The first kappa shape index (κ1) is 11.3. The number of nitrogens with two attached hydrogens (primary N) is 1. The second kappa shape index (κ2) is 4.78. The van der Waals surface area contributed by atoms with Crippen LogP contribution in [0.1, 0.15) is 30.0 Å². The quantitative estimate of drug-likeness (QED) is 0.861. The van der Waals surface area contributed by atoms with Gasteiger partial charge < -0.3 is 10.5 Å². The van der Waals surface area contributed by atoms with Crippen LogP contribution in [0.4, 0.5) is 8.78 Å². The molecule has 0 spiro atoms. The summed E-state index contributed by atoms with van der Waals surface area (Å²) >= 11 is 0. The Morgan fingerprint density at radius 3 is 3.00 bits per heavy atom. The number of hydrogen-bond acceptors (Lipinski definition) is 2. The zero-order chi connectivity index (χ0) is 11.5. The molecule has 1 unspecified atom stereocenters. The van der Waals surface area contributed by atoms with Crippen molar-refractivity contribution in [1.29, 1.82) is 0 Å². The van der Waals surface area contributed by atoms with Gasteiger partial charge in [-0.1, -0.05) is 12.1 Å². The van der Waals surface area contributed by atoms with Gasteiger partial charge in [-0.15, -0.1) is 0 Å². The van der Waals surface area contributed by atoms with E-state index in [1.54, 1.807) is 6.07 Å². The molecule has 1 aromatic carbocycles.